The third-order valence-electron chi connectivity index (χ3n) is 5.66. The zero-order valence-electron chi connectivity index (χ0n) is 23.5. The maximum absolute atomic E-state index is 12.5. The van der Waals surface area contributed by atoms with Crippen LogP contribution < -0.4 is 5.32 Å². The highest BCUT2D eigenvalue weighted by Crippen LogP contribution is 2.43. The average Bonchev–Trinajstić information content (AvgIpc) is 2.79. The minimum atomic E-state index is -4.31. The van der Waals surface area contributed by atoms with Crippen molar-refractivity contribution < 1.29 is 32.9 Å². The number of carbonyl (C=O) groups excluding carboxylic acids is 1. The van der Waals surface area contributed by atoms with Crippen LogP contribution in [-0.2, 0) is 18.4 Å². The number of rotatable bonds is 23. The number of likely N-dealkylation sites (N-methyl/N-ethyl adjacent to an activating group) is 1. The number of allylic oxidation sites excluding steroid dienone is 3. The van der Waals surface area contributed by atoms with Gasteiger partial charge in [0.15, 0.2) is 0 Å². The summed E-state index contributed by atoms with van der Waals surface area (Å²) in [7, 11) is 1.54. The molecule has 3 unspecified atom stereocenters. The lowest BCUT2D eigenvalue weighted by Crippen LogP contribution is -2.45. The number of carbonyl (C=O) groups is 1. The molecule has 0 spiro atoms. The number of aliphatic hydroxyl groups excluding tert-OH is 1. The number of hydrogen-bond donors (Lipinski definition) is 3. The predicted molar refractivity (Wildman–Crippen MR) is 148 cm³/mol. The molecule has 0 radical (unpaired) electrons. The normalized spacial score (nSPS) is 15.9. The van der Waals surface area contributed by atoms with E-state index in [0.717, 1.165) is 44.9 Å². The first-order valence-corrected chi connectivity index (χ1v) is 15.2. The van der Waals surface area contributed by atoms with E-state index < -0.39 is 20.0 Å². The van der Waals surface area contributed by atoms with Crippen molar-refractivity contribution in [2.45, 2.75) is 103 Å². The number of phosphoric acid groups is 1. The molecule has 0 saturated carbocycles. The molecular weight excluding hydrogens is 479 g/mol. The molecule has 0 aromatic rings. The fraction of sp³-hybridized carbons (Fsp3) is 0.815. The quantitative estimate of drug-likeness (QED) is 0.0693. The van der Waals surface area contributed by atoms with E-state index in [1.165, 1.54) is 25.7 Å². The van der Waals surface area contributed by atoms with Gasteiger partial charge in [-0.25, -0.2) is 4.57 Å². The summed E-state index contributed by atoms with van der Waals surface area (Å²) in [5.74, 6) is -0.203. The second-order valence-electron chi connectivity index (χ2n) is 10.4. The minimum Gasteiger partial charge on any atom is -0.387 e. The summed E-state index contributed by atoms with van der Waals surface area (Å²) in [5, 5.41) is 13.4. The third kappa shape index (κ3) is 22.2. The Morgan fingerprint density at radius 3 is 2.17 bits per heavy atom. The second-order valence-corrected chi connectivity index (χ2v) is 11.9. The Kier molecular flexibility index (Phi) is 20.4. The van der Waals surface area contributed by atoms with Crippen molar-refractivity contribution in [1.82, 2.24) is 5.32 Å². The van der Waals surface area contributed by atoms with Gasteiger partial charge < -0.3 is 19.8 Å². The Balaban J connectivity index is 4.79. The average molecular weight is 534 g/mol. The molecule has 0 aliphatic heterocycles. The SMILES string of the molecule is CCC/C=C/CC/C=C/C(O)C(COP(=O)(O)OCC[N+](C)(C)C)NC(=O)CCCCCCCCC. The highest BCUT2D eigenvalue weighted by atomic mass is 31.2. The van der Waals surface area contributed by atoms with Gasteiger partial charge in [0.1, 0.15) is 13.2 Å². The molecule has 0 rings (SSSR count). The van der Waals surface area contributed by atoms with Crippen molar-refractivity contribution in [2.75, 3.05) is 40.9 Å². The van der Waals surface area contributed by atoms with Crippen LogP contribution in [-0.4, -0.2) is 73.4 Å². The lowest BCUT2D eigenvalue weighted by Gasteiger charge is -2.25. The Hall–Kier alpha value is -1.02. The van der Waals surface area contributed by atoms with E-state index in [2.05, 4.69) is 31.3 Å². The summed E-state index contributed by atoms with van der Waals surface area (Å²) >= 11 is 0. The molecule has 0 aromatic heterocycles. The first-order chi connectivity index (χ1) is 17.0. The zero-order chi connectivity index (χ0) is 27.3. The number of nitrogens with zero attached hydrogens (tertiary/aromatic N) is 1. The summed E-state index contributed by atoms with van der Waals surface area (Å²) in [6, 6.07) is -0.851. The molecule has 0 fully saturated rings. The molecule has 3 N–H and O–H groups in total. The molecule has 1 amide bonds. The molecule has 0 saturated heterocycles. The molecule has 0 heterocycles. The lowest BCUT2D eigenvalue weighted by molar-refractivity contribution is -0.870. The molecule has 9 heteroatoms. The summed E-state index contributed by atoms with van der Waals surface area (Å²) < 4.78 is 23.1. The topological polar surface area (TPSA) is 105 Å². The Morgan fingerprint density at radius 1 is 0.917 bits per heavy atom. The third-order valence-corrected chi connectivity index (χ3v) is 6.64. The van der Waals surface area contributed by atoms with Crippen LogP contribution in [0.5, 0.6) is 0 Å². The Morgan fingerprint density at radius 2 is 1.53 bits per heavy atom. The highest BCUT2D eigenvalue weighted by molar-refractivity contribution is 7.47. The van der Waals surface area contributed by atoms with Crippen molar-refractivity contribution in [2.24, 2.45) is 0 Å². The van der Waals surface area contributed by atoms with Crippen LogP contribution in [0.15, 0.2) is 24.3 Å². The van der Waals surface area contributed by atoms with Crippen LogP contribution in [0.4, 0.5) is 0 Å². The molecule has 0 bridgehead atoms. The molecule has 0 aliphatic rings. The molecule has 8 nitrogen and oxygen atoms in total. The Labute approximate surface area is 220 Å². The van der Waals surface area contributed by atoms with E-state index in [1.807, 2.05) is 27.2 Å². The maximum atomic E-state index is 12.5. The van der Waals surface area contributed by atoms with E-state index in [0.29, 0.717) is 17.4 Å². The van der Waals surface area contributed by atoms with Crippen molar-refractivity contribution in [1.29, 1.82) is 0 Å². The summed E-state index contributed by atoms with van der Waals surface area (Å²) in [6.45, 7) is 4.57. The summed E-state index contributed by atoms with van der Waals surface area (Å²) in [5.41, 5.74) is 0. The maximum Gasteiger partial charge on any atom is 0.472 e. The van der Waals surface area contributed by atoms with Gasteiger partial charge >= 0.3 is 7.82 Å². The fourth-order valence-corrected chi connectivity index (χ4v) is 4.09. The van der Waals surface area contributed by atoms with E-state index in [4.69, 9.17) is 9.05 Å². The molecule has 36 heavy (non-hydrogen) atoms. The van der Waals surface area contributed by atoms with Gasteiger partial charge in [-0.1, -0.05) is 83.1 Å². The van der Waals surface area contributed by atoms with Gasteiger partial charge in [-0.15, -0.1) is 0 Å². The van der Waals surface area contributed by atoms with Crippen LogP contribution in [0, 0.1) is 0 Å². The second kappa shape index (κ2) is 21.0. The lowest BCUT2D eigenvalue weighted by atomic mass is 10.1. The van der Waals surface area contributed by atoms with Crippen LogP contribution in [0.1, 0.15) is 90.9 Å². The van der Waals surface area contributed by atoms with Crippen molar-refractivity contribution >= 4 is 13.7 Å². The van der Waals surface area contributed by atoms with Crippen LogP contribution >= 0.6 is 7.82 Å². The minimum absolute atomic E-state index is 0.0561. The van der Waals surface area contributed by atoms with Gasteiger partial charge in [0.2, 0.25) is 5.91 Å². The van der Waals surface area contributed by atoms with E-state index >= 15 is 0 Å². The van der Waals surface area contributed by atoms with E-state index in [1.54, 1.807) is 6.08 Å². The first-order valence-electron chi connectivity index (χ1n) is 13.7. The summed E-state index contributed by atoms with van der Waals surface area (Å²) in [6.07, 6.45) is 18.5. The standard InChI is InChI=1S/C27H53N2O6P/c1-6-8-10-12-14-16-18-20-26(30)25(24-35-36(32,33)34-23-22-29(3,4)5)28-27(31)21-19-17-15-13-11-9-7-2/h10,12,18,20,25-26,30H,6-9,11,13-17,19,21-24H2,1-5H3,(H-,28,31,32,33)/p+1/b12-10+,20-18+. The predicted octanol–water partition coefficient (Wildman–Crippen LogP) is 5.51. The molecule has 0 aromatic carbocycles. The molecule has 0 aliphatic carbocycles. The van der Waals surface area contributed by atoms with Crippen LogP contribution in [0.2, 0.25) is 0 Å². The monoisotopic (exact) mass is 533 g/mol. The van der Waals surface area contributed by atoms with Gasteiger partial charge in [0, 0.05) is 6.42 Å². The van der Waals surface area contributed by atoms with Gasteiger partial charge in [0.05, 0.1) is 39.9 Å². The Bertz CT molecular complexity index is 663. The van der Waals surface area contributed by atoms with Gasteiger partial charge in [-0.05, 0) is 25.7 Å². The number of unbranched alkanes of at least 4 members (excludes halogenated alkanes) is 8. The van der Waals surface area contributed by atoms with Crippen molar-refractivity contribution in [3.05, 3.63) is 24.3 Å². The number of amides is 1. The zero-order valence-corrected chi connectivity index (χ0v) is 24.4. The fourth-order valence-electron chi connectivity index (χ4n) is 3.35. The molecule has 212 valence electrons. The van der Waals surface area contributed by atoms with Gasteiger partial charge in [-0.3, -0.25) is 13.8 Å². The van der Waals surface area contributed by atoms with E-state index in [9.17, 15) is 19.4 Å². The number of aliphatic hydroxyl groups is 1. The number of nitrogens with one attached hydrogen (secondary N) is 1. The number of hydrogen-bond acceptors (Lipinski definition) is 5. The van der Waals surface area contributed by atoms with Crippen LogP contribution in [0.3, 0.4) is 0 Å². The summed E-state index contributed by atoms with van der Waals surface area (Å²) in [4.78, 5) is 22.5. The molecular formula is C27H54N2O6P+. The smallest absolute Gasteiger partial charge is 0.387 e. The van der Waals surface area contributed by atoms with Gasteiger partial charge in [0.25, 0.3) is 0 Å². The first kappa shape index (κ1) is 35.0. The van der Waals surface area contributed by atoms with E-state index in [-0.39, 0.29) is 19.1 Å². The van der Waals surface area contributed by atoms with Crippen LogP contribution in [0.25, 0.3) is 0 Å². The number of phosphoric ester groups is 1. The largest absolute Gasteiger partial charge is 0.472 e. The number of quaternary nitrogens is 1. The molecule has 3 atom stereocenters. The van der Waals surface area contributed by atoms with Crippen molar-refractivity contribution in [3.8, 4) is 0 Å². The van der Waals surface area contributed by atoms with Gasteiger partial charge in [-0.2, -0.15) is 0 Å². The van der Waals surface area contributed by atoms with Crippen molar-refractivity contribution in [3.63, 3.8) is 0 Å². The highest BCUT2D eigenvalue weighted by Gasteiger charge is 2.27.